The van der Waals surface area contributed by atoms with E-state index in [1.54, 1.807) is 12.5 Å². The number of terminal acetylenes is 1. The van der Waals surface area contributed by atoms with E-state index >= 15 is 0 Å². The Labute approximate surface area is 88.3 Å². The molecule has 0 amide bonds. The Morgan fingerprint density at radius 3 is 3.20 bits per heavy atom. The molecule has 0 atom stereocenters. The lowest BCUT2D eigenvalue weighted by Crippen LogP contribution is -2.02. The number of hydrogen-bond acceptors (Lipinski definition) is 3. The van der Waals surface area contributed by atoms with Gasteiger partial charge < -0.3 is 9.88 Å². The molecule has 0 radical (unpaired) electrons. The van der Waals surface area contributed by atoms with E-state index in [-0.39, 0.29) is 0 Å². The molecule has 1 N–H and O–H groups in total. The third-order valence-corrected chi connectivity index (χ3v) is 2.20. The lowest BCUT2D eigenvalue weighted by molar-refractivity contribution is 0.947. The van der Waals surface area contributed by atoms with Crippen molar-refractivity contribution in [3.05, 3.63) is 18.6 Å². The molecular weight excluding hydrogens is 188 g/mol. The molecule has 0 saturated heterocycles. The van der Waals surface area contributed by atoms with Crippen LogP contribution in [-0.2, 0) is 7.05 Å². The third-order valence-electron chi connectivity index (χ3n) is 2.20. The molecule has 2 aromatic heterocycles. The highest BCUT2D eigenvalue weighted by Crippen LogP contribution is 2.17. The highest BCUT2D eigenvalue weighted by molar-refractivity contribution is 5.85. The van der Waals surface area contributed by atoms with Crippen molar-refractivity contribution < 1.29 is 0 Å². The minimum atomic E-state index is 0.685. The molecule has 0 unspecified atom stereocenters. The summed E-state index contributed by atoms with van der Waals surface area (Å²) in [5.41, 5.74) is 1.95. The molecule has 0 fully saturated rings. The molecule has 0 bridgehead atoms. The Morgan fingerprint density at radius 1 is 1.53 bits per heavy atom. The number of hydrogen-bond donors (Lipinski definition) is 1. The lowest BCUT2D eigenvalue weighted by atomic mass is 10.3. The number of fused-ring (bicyclic) bond motifs is 1. The third kappa shape index (κ3) is 1.77. The van der Waals surface area contributed by atoms with E-state index in [1.807, 2.05) is 17.7 Å². The first-order valence-corrected chi connectivity index (χ1v) is 4.76. The standard InChI is InChI=1S/C11H12N4/c1-3-4-6-12-11-10-9(5-7-13-11)15(2)8-14-10/h1,5,7-8H,4,6H2,2H3,(H,12,13). The highest BCUT2D eigenvalue weighted by Gasteiger charge is 2.05. The maximum absolute atomic E-state index is 5.18. The summed E-state index contributed by atoms with van der Waals surface area (Å²) in [6, 6.07) is 1.94. The molecule has 0 aliphatic carbocycles. The molecule has 2 rings (SSSR count). The van der Waals surface area contributed by atoms with E-state index in [4.69, 9.17) is 6.42 Å². The predicted molar refractivity (Wildman–Crippen MR) is 60.4 cm³/mol. The fourth-order valence-corrected chi connectivity index (χ4v) is 1.44. The molecule has 2 heterocycles. The summed E-state index contributed by atoms with van der Waals surface area (Å²) < 4.78 is 1.96. The Kier molecular flexibility index (Phi) is 2.55. The van der Waals surface area contributed by atoms with Crippen LogP contribution < -0.4 is 5.32 Å². The second-order valence-electron chi connectivity index (χ2n) is 3.26. The summed E-state index contributed by atoms with van der Waals surface area (Å²) in [6.07, 6.45) is 9.41. The van der Waals surface area contributed by atoms with Crippen molar-refractivity contribution in [2.45, 2.75) is 6.42 Å². The predicted octanol–water partition coefficient (Wildman–Crippen LogP) is 1.40. The van der Waals surface area contributed by atoms with Gasteiger partial charge in [0.2, 0.25) is 0 Å². The zero-order chi connectivity index (χ0) is 10.7. The van der Waals surface area contributed by atoms with Gasteiger partial charge in [-0.2, -0.15) is 0 Å². The van der Waals surface area contributed by atoms with Gasteiger partial charge in [0.1, 0.15) is 5.52 Å². The largest absolute Gasteiger partial charge is 0.367 e. The average Bonchev–Trinajstić information content (AvgIpc) is 2.62. The van der Waals surface area contributed by atoms with Crippen LogP contribution in [-0.4, -0.2) is 21.1 Å². The van der Waals surface area contributed by atoms with Gasteiger partial charge in [0.05, 0.1) is 11.8 Å². The Balaban J connectivity index is 2.31. The lowest BCUT2D eigenvalue weighted by Gasteiger charge is -2.03. The van der Waals surface area contributed by atoms with Crippen LogP contribution in [0.1, 0.15) is 6.42 Å². The van der Waals surface area contributed by atoms with Gasteiger partial charge in [0.25, 0.3) is 0 Å². The van der Waals surface area contributed by atoms with Crippen molar-refractivity contribution in [1.82, 2.24) is 14.5 Å². The van der Waals surface area contributed by atoms with Crippen LogP contribution in [0.2, 0.25) is 0 Å². The normalized spacial score (nSPS) is 10.1. The summed E-state index contributed by atoms with van der Waals surface area (Å²) >= 11 is 0. The monoisotopic (exact) mass is 200 g/mol. The van der Waals surface area contributed by atoms with Crippen molar-refractivity contribution in [3.63, 3.8) is 0 Å². The smallest absolute Gasteiger partial charge is 0.154 e. The summed E-state index contributed by atoms with van der Waals surface area (Å²) in [7, 11) is 1.96. The quantitative estimate of drug-likeness (QED) is 0.601. The molecule has 4 nitrogen and oxygen atoms in total. The Hall–Kier alpha value is -2.02. The van der Waals surface area contributed by atoms with Gasteiger partial charge in [-0.15, -0.1) is 12.3 Å². The first kappa shape index (κ1) is 9.53. The van der Waals surface area contributed by atoms with E-state index in [0.29, 0.717) is 6.42 Å². The van der Waals surface area contributed by atoms with Gasteiger partial charge >= 0.3 is 0 Å². The number of nitrogens with one attached hydrogen (secondary N) is 1. The zero-order valence-electron chi connectivity index (χ0n) is 8.57. The fraction of sp³-hybridized carbons (Fsp3) is 0.273. The maximum atomic E-state index is 5.18. The zero-order valence-corrected chi connectivity index (χ0v) is 8.57. The van der Waals surface area contributed by atoms with Crippen molar-refractivity contribution in [2.75, 3.05) is 11.9 Å². The minimum Gasteiger partial charge on any atom is -0.367 e. The van der Waals surface area contributed by atoms with E-state index in [0.717, 1.165) is 23.4 Å². The molecule has 0 spiro atoms. The van der Waals surface area contributed by atoms with Crippen LogP contribution in [0.15, 0.2) is 18.6 Å². The molecule has 4 heteroatoms. The number of anilines is 1. The second kappa shape index (κ2) is 4.01. The van der Waals surface area contributed by atoms with Crippen LogP contribution >= 0.6 is 0 Å². The number of pyridine rings is 1. The van der Waals surface area contributed by atoms with Gasteiger partial charge in [-0.25, -0.2) is 9.97 Å². The van der Waals surface area contributed by atoms with E-state index in [1.165, 1.54) is 0 Å². The average molecular weight is 200 g/mol. The SMILES string of the molecule is C#CCCNc1nccc2c1ncn2C. The fourth-order valence-electron chi connectivity index (χ4n) is 1.44. The Bertz CT molecular complexity index is 507. The molecule has 76 valence electrons. The van der Waals surface area contributed by atoms with Crippen LogP contribution in [0, 0.1) is 12.3 Å². The number of nitrogens with zero attached hydrogens (tertiary/aromatic N) is 3. The highest BCUT2D eigenvalue weighted by atomic mass is 15.1. The summed E-state index contributed by atoms with van der Waals surface area (Å²) in [4.78, 5) is 8.52. The van der Waals surface area contributed by atoms with Gasteiger partial charge in [-0.05, 0) is 6.07 Å². The van der Waals surface area contributed by atoms with Gasteiger partial charge in [-0.1, -0.05) is 0 Å². The summed E-state index contributed by atoms with van der Waals surface area (Å²) in [5, 5.41) is 3.17. The Morgan fingerprint density at radius 2 is 2.40 bits per heavy atom. The molecule has 0 aromatic carbocycles. The van der Waals surface area contributed by atoms with Crippen molar-refractivity contribution >= 4 is 16.9 Å². The molecule has 2 aromatic rings. The molecule has 0 saturated carbocycles. The van der Waals surface area contributed by atoms with Crippen LogP contribution in [0.4, 0.5) is 5.82 Å². The van der Waals surface area contributed by atoms with Crippen LogP contribution in [0.25, 0.3) is 11.0 Å². The number of aryl methyl sites for hydroxylation is 1. The topological polar surface area (TPSA) is 42.7 Å². The van der Waals surface area contributed by atoms with Gasteiger partial charge in [-0.3, -0.25) is 0 Å². The molecule has 0 aliphatic heterocycles. The van der Waals surface area contributed by atoms with Crippen molar-refractivity contribution in [2.24, 2.45) is 7.05 Å². The number of aromatic nitrogens is 3. The minimum absolute atomic E-state index is 0.685. The molecule has 15 heavy (non-hydrogen) atoms. The van der Waals surface area contributed by atoms with Gasteiger partial charge in [0.15, 0.2) is 5.82 Å². The first-order valence-electron chi connectivity index (χ1n) is 4.76. The summed E-state index contributed by atoms with van der Waals surface area (Å²) in [6.45, 7) is 0.721. The van der Waals surface area contributed by atoms with E-state index in [9.17, 15) is 0 Å². The van der Waals surface area contributed by atoms with Crippen molar-refractivity contribution in [3.8, 4) is 12.3 Å². The number of rotatable bonds is 3. The molecular formula is C11H12N4. The maximum Gasteiger partial charge on any atom is 0.154 e. The van der Waals surface area contributed by atoms with E-state index in [2.05, 4.69) is 21.2 Å². The van der Waals surface area contributed by atoms with E-state index < -0.39 is 0 Å². The number of imidazole rings is 1. The van der Waals surface area contributed by atoms with Gasteiger partial charge in [0, 0.05) is 26.2 Å². The summed E-state index contributed by atoms with van der Waals surface area (Å²) in [5.74, 6) is 3.37. The second-order valence-corrected chi connectivity index (χ2v) is 3.26. The van der Waals surface area contributed by atoms with Crippen molar-refractivity contribution in [1.29, 1.82) is 0 Å². The van der Waals surface area contributed by atoms with Crippen LogP contribution in [0.3, 0.4) is 0 Å². The molecule has 0 aliphatic rings. The van der Waals surface area contributed by atoms with Crippen LogP contribution in [0.5, 0.6) is 0 Å². The first-order chi connectivity index (χ1) is 7.33.